The van der Waals surface area contributed by atoms with E-state index >= 15 is 0 Å². The number of nitrogens with one attached hydrogen (secondary N) is 1. The molecule has 0 bridgehead atoms. The van der Waals surface area contributed by atoms with Gasteiger partial charge in [-0.3, -0.25) is 4.90 Å². The van der Waals surface area contributed by atoms with Crippen molar-refractivity contribution >= 4 is 11.6 Å². The third kappa shape index (κ3) is 3.84. The van der Waals surface area contributed by atoms with E-state index in [-0.39, 0.29) is 0 Å². The van der Waals surface area contributed by atoms with E-state index in [0.717, 1.165) is 44.3 Å². The smallest absolute Gasteiger partial charge is 0.254 e. The fourth-order valence-electron chi connectivity index (χ4n) is 3.38. The summed E-state index contributed by atoms with van der Waals surface area (Å²) in [6.07, 6.45) is 1.84. The van der Waals surface area contributed by atoms with Gasteiger partial charge in [0.2, 0.25) is 0 Å². The van der Waals surface area contributed by atoms with Gasteiger partial charge in [0.1, 0.15) is 12.1 Å². The number of anilines is 1. The van der Waals surface area contributed by atoms with Crippen LogP contribution in [0.3, 0.4) is 0 Å². The number of ether oxygens (including phenoxy) is 1. The zero-order valence-corrected chi connectivity index (χ0v) is 15.2. The average molecular weight is 352 g/mol. The Morgan fingerprint density at radius 1 is 1.27 bits per heavy atom. The van der Waals surface area contributed by atoms with Crippen LogP contribution in [0.15, 0.2) is 36.7 Å². The van der Waals surface area contributed by atoms with Gasteiger partial charge in [0, 0.05) is 37.9 Å². The Bertz CT molecular complexity index is 893. The lowest BCUT2D eigenvalue weighted by Gasteiger charge is -2.31. The van der Waals surface area contributed by atoms with E-state index in [9.17, 15) is 0 Å². The van der Waals surface area contributed by atoms with Crippen LogP contribution in [0.25, 0.3) is 5.78 Å². The molecule has 7 heteroatoms. The monoisotopic (exact) mass is 352 g/mol. The molecule has 0 radical (unpaired) electrons. The van der Waals surface area contributed by atoms with E-state index in [2.05, 4.69) is 56.5 Å². The minimum atomic E-state index is 0.314. The first-order valence-corrected chi connectivity index (χ1v) is 9.00. The first-order chi connectivity index (χ1) is 12.7. The Balaban J connectivity index is 1.44. The number of aryl methyl sites for hydroxylation is 1. The molecule has 4 rings (SSSR count). The molecule has 1 atom stereocenters. The van der Waals surface area contributed by atoms with Crippen molar-refractivity contribution in [3.8, 4) is 0 Å². The Labute approximate surface area is 153 Å². The van der Waals surface area contributed by atoms with Crippen LogP contribution in [0.4, 0.5) is 5.82 Å². The van der Waals surface area contributed by atoms with Crippen LogP contribution in [0.1, 0.15) is 23.7 Å². The van der Waals surface area contributed by atoms with Gasteiger partial charge in [-0.1, -0.05) is 24.3 Å². The van der Waals surface area contributed by atoms with E-state index < -0.39 is 0 Å². The summed E-state index contributed by atoms with van der Waals surface area (Å²) in [6, 6.07) is 10.7. The fraction of sp³-hybridized carbons (Fsp3) is 0.421. The van der Waals surface area contributed by atoms with Crippen molar-refractivity contribution in [2.45, 2.75) is 33.0 Å². The second-order valence-electron chi connectivity index (χ2n) is 6.84. The highest BCUT2D eigenvalue weighted by Gasteiger charge is 2.16. The van der Waals surface area contributed by atoms with Crippen LogP contribution in [0.5, 0.6) is 0 Å². The van der Waals surface area contributed by atoms with E-state index in [1.54, 1.807) is 4.52 Å². The largest absolute Gasteiger partial charge is 0.376 e. The van der Waals surface area contributed by atoms with E-state index in [1.165, 1.54) is 17.5 Å². The summed E-state index contributed by atoms with van der Waals surface area (Å²) in [5, 5.41) is 7.69. The highest BCUT2D eigenvalue weighted by Crippen LogP contribution is 2.15. The zero-order valence-electron chi connectivity index (χ0n) is 15.2. The van der Waals surface area contributed by atoms with E-state index in [1.807, 2.05) is 13.0 Å². The molecule has 0 spiro atoms. The first kappa shape index (κ1) is 16.9. The Kier molecular flexibility index (Phi) is 4.81. The molecule has 1 aromatic carbocycles. The van der Waals surface area contributed by atoms with E-state index in [4.69, 9.17) is 4.74 Å². The summed E-state index contributed by atoms with van der Waals surface area (Å²) in [5.74, 6) is 1.51. The van der Waals surface area contributed by atoms with Crippen molar-refractivity contribution in [3.05, 3.63) is 53.5 Å². The zero-order chi connectivity index (χ0) is 17.9. The molecule has 0 aliphatic carbocycles. The number of aromatic nitrogens is 4. The second kappa shape index (κ2) is 7.39. The predicted molar refractivity (Wildman–Crippen MR) is 100.0 cm³/mol. The molecule has 3 heterocycles. The quantitative estimate of drug-likeness (QED) is 0.760. The van der Waals surface area contributed by atoms with Crippen molar-refractivity contribution in [2.75, 3.05) is 25.0 Å². The maximum atomic E-state index is 5.63. The normalized spacial score (nSPS) is 18.3. The summed E-state index contributed by atoms with van der Waals surface area (Å²) in [4.78, 5) is 11.0. The molecule has 1 aliphatic heterocycles. The number of hydrogen-bond acceptors (Lipinski definition) is 6. The molecule has 3 aromatic rings. The molecule has 2 aromatic heterocycles. The summed E-state index contributed by atoms with van der Waals surface area (Å²) < 4.78 is 7.35. The van der Waals surface area contributed by atoms with Gasteiger partial charge in [0.05, 0.1) is 12.7 Å². The highest BCUT2D eigenvalue weighted by atomic mass is 16.5. The Hall–Kier alpha value is -2.51. The van der Waals surface area contributed by atoms with Crippen LogP contribution in [-0.4, -0.2) is 50.3 Å². The van der Waals surface area contributed by atoms with Gasteiger partial charge in [0.15, 0.2) is 0 Å². The summed E-state index contributed by atoms with van der Waals surface area (Å²) in [7, 11) is 0. The van der Waals surface area contributed by atoms with Crippen molar-refractivity contribution in [1.29, 1.82) is 0 Å². The Morgan fingerprint density at radius 2 is 2.15 bits per heavy atom. The summed E-state index contributed by atoms with van der Waals surface area (Å²) in [6.45, 7) is 8.58. The van der Waals surface area contributed by atoms with Gasteiger partial charge in [-0.2, -0.15) is 14.6 Å². The van der Waals surface area contributed by atoms with Crippen molar-refractivity contribution < 1.29 is 4.74 Å². The van der Waals surface area contributed by atoms with Crippen molar-refractivity contribution in [1.82, 2.24) is 24.5 Å². The first-order valence-electron chi connectivity index (χ1n) is 9.00. The molecule has 1 saturated heterocycles. The molecule has 1 fully saturated rings. The molecule has 0 amide bonds. The molecular formula is C19H24N6O. The van der Waals surface area contributed by atoms with Gasteiger partial charge >= 0.3 is 0 Å². The number of nitrogens with zero attached hydrogens (tertiary/aromatic N) is 5. The highest BCUT2D eigenvalue weighted by molar-refractivity contribution is 5.45. The lowest BCUT2D eigenvalue weighted by molar-refractivity contribution is -0.0212. The van der Waals surface area contributed by atoms with Gasteiger partial charge in [-0.15, -0.1) is 0 Å². The number of morpholine rings is 1. The van der Waals surface area contributed by atoms with Gasteiger partial charge in [0.25, 0.3) is 5.78 Å². The number of fused-ring (bicyclic) bond motifs is 1. The number of benzene rings is 1. The maximum absolute atomic E-state index is 5.63. The molecule has 26 heavy (non-hydrogen) atoms. The maximum Gasteiger partial charge on any atom is 0.254 e. The molecule has 1 unspecified atom stereocenters. The van der Waals surface area contributed by atoms with Gasteiger partial charge in [-0.25, -0.2) is 4.98 Å². The van der Waals surface area contributed by atoms with Crippen LogP contribution >= 0.6 is 0 Å². The van der Waals surface area contributed by atoms with Crippen LogP contribution in [0, 0.1) is 6.92 Å². The number of hydrogen-bond donors (Lipinski definition) is 1. The molecule has 7 nitrogen and oxygen atoms in total. The van der Waals surface area contributed by atoms with E-state index in [0.29, 0.717) is 11.9 Å². The SMILES string of the molecule is Cc1cc(NCc2cccc(CN3CCOC(C)C3)c2)n2ncnc2n1. The third-order valence-electron chi connectivity index (χ3n) is 4.58. The average Bonchev–Trinajstić information content (AvgIpc) is 3.08. The minimum Gasteiger partial charge on any atom is -0.376 e. The molecule has 1 aliphatic rings. The van der Waals surface area contributed by atoms with Crippen molar-refractivity contribution in [3.63, 3.8) is 0 Å². The number of rotatable bonds is 5. The fourth-order valence-corrected chi connectivity index (χ4v) is 3.38. The molecular weight excluding hydrogens is 328 g/mol. The summed E-state index contributed by atoms with van der Waals surface area (Å²) >= 11 is 0. The van der Waals surface area contributed by atoms with Crippen LogP contribution in [0.2, 0.25) is 0 Å². The van der Waals surface area contributed by atoms with Crippen LogP contribution < -0.4 is 5.32 Å². The predicted octanol–water partition coefficient (Wildman–Crippen LogP) is 2.27. The van der Waals surface area contributed by atoms with Crippen LogP contribution in [-0.2, 0) is 17.8 Å². The van der Waals surface area contributed by atoms with Gasteiger partial charge < -0.3 is 10.1 Å². The molecule has 1 N–H and O–H groups in total. The molecule has 0 saturated carbocycles. The standard InChI is InChI=1S/C19H24N6O/c1-14-8-18(25-19(23-14)21-13-22-25)20-10-16-4-3-5-17(9-16)12-24-6-7-26-15(2)11-24/h3-5,8-9,13,15,20H,6-7,10-12H2,1-2H3. The topological polar surface area (TPSA) is 67.6 Å². The van der Waals surface area contributed by atoms with Crippen molar-refractivity contribution in [2.24, 2.45) is 0 Å². The van der Waals surface area contributed by atoms with Gasteiger partial charge in [-0.05, 0) is 25.0 Å². The second-order valence-corrected chi connectivity index (χ2v) is 6.84. The lowest BCUT2D eigenvalue weighted by atomic mass is 10.1. The minimum absolute atomic E-state index is 0.314. The summed E-state index contributed by atoms with van der Waals surface area (Å²) in [5.41, 5.74) is 3.49. The Morgan fingerprint density at radius 3 is 3.04 bits per heavy atom. The lowest BCUT2D eigenvalue weighted by Crippen LogP contribution is -2.40. The third-order valence-corrected chi connectivity index (χ3v) is 4.58. The molecule has 136 valence electrons.